The predicted octanol–water partition coefficient (Wildman–Crippen LogP) is 14.2. The van der Waals surface area contributed by atoms with Gasteiger partial charge in [-0.05, 0) is 77.4 Å². The van der Waals surface area contributed by atoms with Gasteiger partial charge < -0.3 is 18.2 Å². The van der Waals surface area contributed by atoms with E-state index in [4.69, 9.17) is 13.3 Å². The standard InChI is InChI=1S/C48H29NO3/c1-3-12-30(13-4-1)32-22-24-36-39-29-33(23-27-44(39)50-45(36)28-32)49(41-19-11-18-37-35-16-7-9-20-42(35)51-47(37)41)40-26-25-34(31-14-5-2-6-15-31)48-46(40)38-17-8-10-21-43(38)52-48/h1-29H. The monoisotopic (exact) mass is 667 g/mol. The maximum Gasteiger partial charge on any atom is 0.159 e. The minimum Gasteiger partial charge on any atom is -0.456 e. The van der Waals surface area contributed by atoms with E-state index in [-0.39, 0.29) is 0 Å². The van der Waals surface area contributed by atoms with Gasteiger partial charge in [-0.15, -0.1) is 0 Å². The lowest BCUT2D eigenvalue weighted by atomic mass is 9.99. The molecule has 0 aliphatic rings. The Morgan fingerprint density at radius 2 is 0.981 bits per heavy atom. The van der Waals surface area contributed by atoms with Gasteiger partial charge in [0.15, 0.2) is 5.58 Å². The quantitative estimate of drug-likeness (QED) is 0.183. The zero-order chi connectivity index (χ0) is 34.2. The average molecular weight is 668 g/mol. The number of para-hydroxylation sites is 3. The van der Waals surface area contributed by atoms with Gasteiger partial charge in [0.1, 0.15) is 27.9 Å². The molecule has 4 heteroatoms. The van der Waals surface area contributed by atoms with E-state index in [0.717, 1.165) is 105 Å². The van der Waals surface area contributed by atoms with Crippen molar-refractivity contribution in [3.05, 3.63) is 176 Å². The fraction of sp³-hybridized carbons (Fsp3) is 0. The molecule has 11 aromatic rings. The molecule has 0 unspecified atom stereocenters. The molecule has 0 N–H and O–H groups in total. The van der Waals surface area contributed by atoms with Gasteiger partial charge >= 0.3 is 0 Å². The topological polar surface area (TPSA) is 42.7 Å². The predicted molar refractivity (Wildman–Crippen MR) is 214 cm³/mol. The lowest BCUT2D eigenvalue weighted by molar-refractivity contribution is 0.668. The van der Waals surface area contributed by atoms with Crippen LogP contribution in [-0.2, 0) is 0 Å². The Labute approximate surface area is 298 Å². The van der Waals surface area contributed by atoms with Crippen molar-refractivity contribution in [1.82, 2.24) is 0 Å². The normalized spacial score (nSPS) is 11.8. The minimum absolute atomic E-state index is 0.821. The maximum absolute atomic E-state index is 6.73. The summed E-state index contributed by atoms with van der Waals surface area (Å²) in [6, 6.07) is 61.2. The number of furan rings is 3. The van der Waals surface area contributed by atoms with Gasteiger partial charge in [-0.1, -0.05) is 115 Å². The van der Waals surface area contributed by atoms with Gasteiger partial charge in [-0.2, -0.15) is 0 Å². The molecule has 0 amide bonds. The average Bonchev–Trinajstić information content (AvgIpc) is 3.90. The van der Waals surface area contributed by atoms with Crippen LogP contribution in [0.2, 0.25) is 0 Å². The van der Waals surface area contributed by atoms with Gasteiger partial charge in [0.25, 0.3) is 0 Å². The van der Waals surface area contributed by atoms with Crippen molar-refractivity contribution in [3.63, 3.8) is 0 Å². The summed E-state index contributed by atoms with van der Waals surface area (Å²) >= 11 is 0. The van der Waals surface area contributed by atoms with Crippen molar-refractivity contribution in [1.29, 1.82) is 0 Å². The lowest BCUT2D eigenvalue weighted by Gasteiger charge is -2.26. The van der Waals surface area contributed by atoms with E-state index in [1.165, 1.54) is 0 Å². The Balaban J connectivity index is 1.20. The van der Waals surface area contributed by atoms with Crippen molar-refractivity contribution in [2.45, 2.75) is 0 Å². The summed E-state index contributed by atoms with van der Waals surface area (Å²) in [4.78, 5) is 2.32. The molecule has 0 bridgehead atoms. The second-order valence-corrected chi connectivity index (χ2v) is 13.2. The molecule has 8 aromatic carbocycles. The van der Waals surface area contributed by atoms with Gasteiger partial charge in [-0.3, -0.25) is 0 Å². The zero-order valence-electron chi connectivity index (χ0n) is 27.9. The molecule has 0 aliphatic carbocycles. The van der Waals surface area contributed by atoms with Crippen molar-refractivity contribution in [3.8, 4) is 22.3 Å². The van der Waals surface area contributed by atoms with E-state index >= 15 is 0 Å². The molecule has 3 heterocycles. The summed E-state index contributed by atoms with van der Waals surface area (Å²) in [6.45, 7) is 0. The number of hydrogen-bond acceptors (Lipinski definition) is 4. The molecule has 0 saturated heterocycles. The molecular formula is C48H29NO3. The number of fused-ring (bicyclic) bond motifs is 9. The molecule has 0 saturated carbocycles. The lowest BCUT2D eigenvalue weighted by Crippen LogP contribution is -2.10. The maximum atomic E-state index is 6.73. The van der Waals surface area contributed by atoms with E-state index in [9.17, 15) is 0 Å². The van der Waals surface area contributed by atoms with Crippen molar-refractivity contribution in [2.75, 3.05) is 4.90 Å². The third kappa shape index (κ3) is 4.34. The first-order valence-electron chi connectivity index (χ1n) is 17.5. The molecule has 52 heavy (non-hydrogen) atoms. The largest absolute Gasteiger partial charge is 0.456 e. The SMILES string of the molecule is c1ccc(-c2ccc3c(c2)oc2ccc(N(c4cccc5c4oc4ccccc45)c4ccc(-c5ccccc5)c5oc6ccccc6c45)cc23)cc1. The van der Waals surface area contributed by atoms with E-state index in [1.807, 2.05) is 36.4 Å². The van der Waals surface area contributed by atoms with Crippen LogP contribution in [-0.4, -0.2) is 0 Å². The van der Waals surface area contributed by atoms with E-state index in [0.29, 0.717) is 0 Å². The molecule has 4 nitrogen and oxygen atoms in total. The summed E-state index contributed by atoms with van der Waals surface area (Å²) in [7, 11) is 0. The fourth-order valence-electron chi connectivity index (χ4n) is 7.87. The first-order chi connectivity index (χ1) is 25.8. The molecule has 0 atom stereocenters. The van der Waals surface area contributed by atoms with Crippen molar-refractivity contribution >= 4 is 82.9 Å². The molecule has 11 rings (SSSR count). The van der Waals surface area contributed by atoms with Gasteiger partial charge in [0.2, 0.25) is 0 Å². The van der Waals surface area contributed by atoms with E-state index < -0.39 is 0 Å². The van der Waals surface area contributed by atoms with Gasteiger partial charge in [0, 0.05) is 38.2 Å². The van der Waals surface area contributed by atoms with E-state index in [2.05, 4.69) is 144 Å². The zero-order valence-corrected chi connectivity index (χ0v) is 27.9. The second kappa shape index (κ2) is 11.2. The molecule has 244 valence electrons. The summed E-state index contributed by atoms with van der Waals surface area (Å²) < 4.78 is 19.9. The van der Waals surface area contributed by atoms with Gasteiger partial charge in [0.05, 0.1) is 16.8 Å². The molecule has 0 aliphatic heterocycles. The van der Waals surface area contributed by atoms with Crippen LogP contribution in [0.1, 0.15) is 0 Å². The highest BCUT2D eigenvalue weighted by Gasteiger charge is 2.25. The van der Waals surface area contributed by atoms with E-state index in [1.54, 1.807) is 0 Å². The summed E-state index contributed by atoms with van der Waals surface area (Å²) in [5.41, 5.74) is 12.4. The number of rotatable bonds is 5. The minimum atomic E-state index is 0.821. The van der Waals surface area contributed by atoms with Crippen LogP contribution in [0.5, 0.6) is 0 Å². The van der Waals surface area contributed by atoms with Crippen LogP contribution in [0.15, 0.2) is 189 Å². The van der Waals surface area contributed by atoms with Crippen LogP contribution < -0.4 is 4.90 Å². The summed E-state index contributed by atoms with van der Waals surface area (Å²) in [6.07, 6.45) is 0. The Hall–Kier alpha value is -7.04. The number of benzene rings is 8. The molecular weight excluding hydrogens is 639 g/mol. The summed E-state index contributed by atoms with van der Waals surface area (Å²) in [5, 5.41) is 6.35. The first kappa shape index (κ1) is 28.8. The van der Waals surface area contributed by atoms with Crippen molar-refractivity contribution < 1.29 is 13.3 Å². The molecule has 3 aromatic heterocycles. The van der Waals surface area contributed by atoms with Crippen LogP contribution in [0.3, 0.4) is 0 Å². The highest BCUT2D eigenvalue weighted by atomic mass is 16.3. The third-order valence-corrected chi connectivity index (χ3v) is 10.3. The molecule has 0 spiro atoms. The Bertz CT molecular complexity index is 3130. The number of nitrogens with zero attached hydrogens (tertiary/aromatic N) is 1. The van der Waals surface area contributed by atoms with Gasteiger partial charge in [-0.25, -0.2) is 0 Å². The third-order valence-electron chi connectivity index (χ3n) is 10.3. The molecule has 0 radical (unpaired) electrons. The van der Waals surface area contributed by atoms with Crippen LogP contribution in [0.25, 0.3) is 88.1 Å². The Morgan fingerprint density at radius 1 is 0.327 bits per heavy atom. The van der Waals surface area contributed by atoms with Crippen molar-refractivity contribution in [2.24, 2.45) is 0 Å². The number of hydrogen-bond donors (Lipinski definition) is 0. The van der Waals surface area contributed by atoms with Crippen LogP contribution in [0, 0.1) is 0 Å². The molecule has 0 fully saturated rings. The fourth-order valence-corrected chi connectivity index (χ4v) is 7.87. The summed E-state index contributed by atoms with van der Waals surface area (Å²) in [5.74, 6) is 0. The highest BCUT2D eigenvalue weighted by Crippen LogP contribution is 2.49. The first-order valence-corrected chi connectivity index (χ1v) is 17.5. The Morgan fingerprint density at radius 3 is 1.81 bits per heavy atom. The van der Waals surface area contributed by atoms with Crippen LogP contribution >= 0.6 is 0 Å². The Kier molecular flexibility index (Phi) is 6.22. The smallest absolute Gasteiger partial charge is 0.159 e. The van der Waals surface area contributed by atoms with Crippen LogP contribution in [0.4, 0.5) is 17.1 Å². The second-order valence-electron chi connectivity index (χ2n) is 13.2. The number of anilines is 3. The highest BCUT2D eigenvalue weighted by molar-refractivity contribution is 6.19.